The normalized spacial score (nSPS) is 20.7. The first-order chi connectivity index (χ1) is 8.55. The second-order valence-corrected chi connectivity index (χ2v) is 6.74. The van der Waals surface area contributed by atoms with Gasteiger partial charge in [0.1, 0.15) is 16.0 Å². The monoisotopic (exact) mass is 269 g/mol. The van der Waals surface area contributed by atoms with E-state index in [1.54, 1.807) is 12.1 Å². The molecule has 0 amide bonds. The molecule has 1 unspecified atom stereocenters. The molecule has 0 aromatic heterocycles. The summed E-state index contributed by atoms with van der Waals surface area (Å²) in [5.41, 5.74) is 0.921. The first-order valence-electron chi connectivity index (χ1n) is 6.17. The minimum atomic E-state index is -3.36. The van der Waals surface area contributed by atoms with Crippen molar-refractivity contribution in [2.24, 2.45) is 0 Å². The van der Waals surface area contributed by atoms with Crippen LogP contribution in [0.1, 0.15) is 24.8 Å². The predicted molar refractivity (Wildman–Crippen MR) is 70.6 cm³/mol. The number of nitrogens with one attached hydrogen (secondary N) is 1. The van der Waals surface area contributed by atoms with Gasteiger partial charge in [0.15, 0.2) is 9.84 Å². The summed E-state index contributed by atoms with van der Waals surface area (Å²) in [6.07, 6.45) is 2.65. The van der Waals surface area contributed by atoms with Crippen molar-refractivity contribution in [3.63, 3.8) is 0 Å². The molecule has 0 aliphatic carbocycles. The van der Waals surface area contributed by atoms with Crippen molar-refractivity contribution in [2.45, 2.75) is 36.5 Å². The molecule has 0 bridgehead atoms. The molecule has 1 fully saturated rings. The van der Waals surface area contributed by atoms with E-state index in [0.717, 1.165) is 24.9 Å². The van der Waals surface area contributed by atoms with E-state index in [2.05, 4.69) is 5.32 Å². The molecule has 2 rings (SSSR count). The van der Waals surface area contributed by atoms with Crippen molar-refractivity contribution in [1.29, 1.82) is 0 Å². The lowest BCUT2D eigenvalue weighted by molar-refractivity contribution is 0.400. The van der Waals surface area contributed by atoms with Crippen LogP contribution in [0.4, 0.5) is 0 Å². The van der Waals surface area contributed by atoms with Crippen molar-refractivity contribution in [2.75, 3.05) is 13.7 Å². The van der Waals surface area contributed by atoms with E-state index in [-0.39, 0.29) is 0 Å². The number of methoxy groups -OCH3 is 1. The third kappa shape index (κ3) is 2.52. The number of piperidine rings is 1. The molecular weight excluding hydrogens is 250 g/mol. The lowest BCUT2D eigenvalue weighted by Gasteiger charge is -2.24. The largest absolute Gasteiger partial charge is 0.495 e. The lowest BCUT2D eigenvalue weighted by atomic mass is 10.2. The maximum atomic E-state index is 12.6. The zero-order chi connectivity index (χ0) is 13.2. The highest BCUT2D eigenvalue weighted by atomic mass is 32.2. The van der Waals surface area contributed by atoms with Gasteiger partial charge in [0.2, 0.25) is 0 Å². The smallest absolute Gasteiger partial charge is 0.197 e. The zero-order valence-electron chi connectivity index (χ0n) is 10.8. The van der Waals surface area contributed by atoms with Crippen LogP contribution in [0, 0.1) is 6.92 Å². The van der Waals surface area contributed by atoms with Gasteiger partial charge in [-0.2, -0.15) is 0 Å². The Kier molecular flexibility index (Phi) is 3.92. The summed E-state index contributed by atoms with van der Waals surface area (Å²) in [7, 11) is -1.87. The fraction of sp³-hybridized carbons (Fsp3) is 0.538. The second-order valence-electron chi connectivity index (χ2n) is 4.64. The van der Waals surface area contributed by atoms with Crippen LogP contribution in [0.25, 0.3) is 0 Å². The zero-order valence-corrected chi connectivity index (χ0v) is 11.6. The maximum absolute atomic E-state index is 12.6. The van der Waals surface area contributed by atoms with Gasteiger partial charge in [0.05, 0.1) is 7.11 Å². The van der Waals surface area contributed by atoms with E-state index in [4.69, 9.17) is 4.74 Å². The van der Waals surface area contributed by atoms with Crippen LogP contribution in [-0.4, -0.2) is 27.4 Å². The van der Waals surface area contributed by atoms with Gasteiger partial charge in [-0.1, -0.05) is 6.07 Å². The highest BCUT2D eigenvalue weighted by Gasteiger charge is 2.31. The molecule has 1 atom stereocenters. The molecule has 0 spiro atoms. The molecule has 1 aliphatic heterocycles. The van der Waals surface area contributed by atoms with E-state index in [9.17, 15) is 8.42 Å². The molecule has 1 saturated heterocycles. The summed E-state index contributed by atoms with van der Waals surface area (Å²) < 4.78 is 30.3. The summed E-state index contributed by atoms with van der Waals surface area (Å²) in [6.45, 7) is 2.64. The molecule has 4 nitrogen and oxygen atoms in total. The van der Waals surface area contributed by atoms with E-state index < -0.39 is 15.2 Å². The lowest BCUT2D eigenvalue weighted by Crippen LogP contribution is -2.40. The molecule has 100 valence electrons. The van der Waals surface area contributed by atoms with Gasteiger partial charge in [0.25, 0.3) is 0 Å². The van der Waals surface area contributed by atoms with Crippen LogP contribution in [-0.2, 0) is 9.84 Å². The Morgan fingerprint density at radius 2 is 2.11 bits per heavy atom. The molecule has 1 aromatic carbocycles. The van der Waals surface area contributed by atoms with Gasteiger partial charge in [-0.15, -0.1) is 0 Å². The molecule has 0 radical (unpaired) electrons. The van der Waals surface area contributed by atoms with Gasteiger partial charge < -0.3 is 10.1 Å². The van der Waals surface area contributed by atoms with Crippen molar-refractivity contribution in [3.8, 4) is 5.75 Å². The van der Waals surface area contributed by atoms with Crippen LogP contribution >= 0.6 is 0 Å². The number of hydrogen-bond donors (Lipinski definition) is 1. The average molecular weight is 269 g/mol. The van der Waals surface area contributed by atoms with Crippen molar-refractivity contribution in [3.05, 3.63) is 23.8 Å². The van der Waals surface area contributed by atoms with E-state index in [1.807, 2.05) is 13.0 Å². The molecule has 0 saturated carbocycles. The minimum Gasteiger partial charge on any atom is -0.495 e. The Labute approximate surface area is 108 Å². The standard InChI is InChI=1S/C13H19NO3S/c1-10-6-7-11(17-2)12(9-10)18(15,16)13-5-3-4-8-14-13/h6-7,9,13-14H,3-5,8H2,1-2H3. The van der Waals surface area contributed by atoms with Crippen LogP contribution in [0.2, 0.25) is 0 Å². The van der Waals surface area contributed by atoms with Crippen molar-refractivity contribution >= 4 is 9.84 Å². The third-order valence-electron chi connectivity index (χ3n) is 3.27. The molecule has 18 heavy (non-hydrogen) atoms. The number of benzene rings is 1. The SMILES string of the molecule is COc1ccc(C)cc1S(=O)(=O)C1CCCCN1. The van der Waals surface area contributed by atoms with E-state index in [1.165, 1.54) is 7.11 Å². The first-order valence-corrected chi connectivity index (χ1v) is 7.72. The molecule has 1 heterocycles. The number of ether oxygens (including phenoxy) is 1. The highest BCUT2D eigenvalue weighted by molar-refractivity contribution is 7.92. The van der Waals surface area contributed by atoms with Gasteiger partial charge in [0, 0.05) is 0 Å². The fourth-order valence-electron chi connectivity index (χ4n) is 2.24. The number of aryl methyl sites for hydroxylation is 1. The minimum absolute atomic E-state index is 0.296. The Morgan fingerprint density at radius 3 is 2.72 bits per heavy atom. The summed E-state index contributed by atoms with van der Waals surface area (Å²) in [5.74, 6) is 0.424. The highest BCUT2D eigenvalue weighted by Crippen LogP contribution is 2.29. The maximum Gasteiger partial charge on any atom is 0.197 e. The number of rotatable bonds is 3. The van der Waals surface area contributed by atoms with E-state index >= 15 is 0 Å². The third-order valence-corrected chi connectivity index (χ3v) is 5.35. The summed E-state index contributed by atoms with van der Waals surface area (Å²) >= 11 is 0. The molecule has 5 heteroatoms. The Morgan fingerprint density at radius 1 is 1.33 bits per heavy atom. The molecular formula is C13H19NO3S. The predicted octanol–water partition coefficient (Wildman–Crippen LogP) is 1.88. The molecule has 1 aromatic rings. The van der Waals surface area contributed by atoms with Crippen molar-refractivity contribution in [1.82, 2.24) is 5.32 Å². The fourth-order valence-corrected chi connectivity index (χ4v) is 4.15. The second kappa shape index (κ2) is 5.28. The van der Waals surface area contributed by atoms with Crippen LogP contribution in [0.15, 0.2) is 23.1 Å². The van der Waals surface area contributed by atoms with Crippen molar-refractivity contribution < 1.29 is 13.2 Å². The van der Waals surface area contributed by atoms with Crippen LogP contribution in [0.3, 0.4) is 0 Å². The van der Waals surface area contributed by atoms with Crippen LogP contribution in [0.5, 0.6) is 5.75 Å². The van der Waals surface area contributed by atoms with E-state index in [0.29, 0.717) is 17.1 Å². The molecule has 1 aliphatic rings. The summed E-state index contributed by atoms with van der Waals surface area (Å²) in [6, 6.07) is 5.25. The number of sulfone groups is 1. The molecule has 1 N–H and O–H groups in total. The number of hydrogen-bond acceptors (Lipinski definition) is 4. The van der Waals surface area contributed by atoms with Gasteiger partial charge in [-0.3, -0.25) is 0 Å². The Bertz CT molecular complexity index is 519. The topological polar surface area (TPSA) is 55.4 Å². The van der Waals surface area contributed by atoms with Crippen LogP contribution < -0.4 is 10.1 Å². The first kappa shape index (κ1) is 13.4. The summed E-state index contributed by atoms with van der Waals surface area (Å²) in [5, 5.41) is 2.60. The quantitative estimate of drug-likeness (QED) is 0.910. The summed E-state index contributed by atoms with van der Waals surface area (Å²) in [4.78, 5) is 0.296. The van der Waals surface area contributed by atoms with Gasteiger partial charge >= 0.3 is 0 Å². The average Bonchev–Trinajstić information content (AvgIpc) is 2.39. The Hall–Kier alpha value is -1.07. The van der Waals surface area contributed by atoms with Gasteiger partial charge in [-0.25, -0.2) is 8.42 Å². The Balaban J connectivity index is 2.42. The van der Waals surface area contributed by atoms with Gasteiger partial charge in [-0.05, 0) is 50.4 Å².